The second kappa shape index (κ2) is 35.2. The number of nitrogens with zero attached hydrogens (tertiary/aromatic N) is 1. The summed E-state index contributed by atoms with van der Waals surface area (Å²) in [4.78, 5) is 61.9. The van der Waals surface area contributed by atoms with Crippen molar-refractivity contribution in [3.63, 3.8) is 0 Å². The van der Waals surface area contributed by atoms with Gasteiger partial charge in [0, 0.05) is 30.3 Å². The summed E-state index contributed by atoms with van der Waals surface area (Å²) in [5.74, 6) is 0.168. The number of fused-ring (bicyclic) bond motifs is 1. The molecule has 0 aromatic heterocycles. The fraction of sp³-hybridized carbons (Fsp3) is 0.875. The molecule has 0 bridgehead atoms. The van der Waals surface area contributed by atoms with Gasteiger partial charge in [0.15, 0.2) is 6.10 Å². The van der Waals surface area contributed by atoms with Crippen LogP contribution in [0.2, 0.25) is 0 Å². The number of nitrogens with one attached hydrogen (secondary N) is 2. The van der Waals surface area contributed by atoms with Crippen LogP contribution in [-0.2, 0) is 37.5 Å². The number of phosphoric ester groups is 1. The number of thioether (sulfide) groups is 1. The average Bonchev–Trinajstić information content (AvgIpc) is 3.80. The minimum absolute atomic E-state index is 0.0559. The topological polar surface area (TPSA) is 195 Å². The minimum Gasteiger partial charge on any atom is -0.756 e. The van der Waals surface area contributed by atoms with Crippen molar-refractivity contribution >= 4 is 43.3 Å². The molecule has 2 amide bonds. The standard InChI is InChI=1S/C48H89N4O10PS/c1-5-6-7-8-9-10-11-12-13-14-15-16-20-23-26-33-45(54)59-37-40(38-61-63(57,58)60-36-35-52(2,3)4)62-46(55)34-27-24-21-18-17-19-22-25-30-41(49)43(53)31-28-29-32-44-47-42(39-64-44)50-48(56)51-47/h12-13,40-42,44,47H,5-11,14-39,49H2,1-4H3,(H2-,50,51,56,57,58)/b13-12-/t40-,41?,42+,44+,47+/m1/s1. The first-order valence-electron chi connectivity index (χ1n) is 25.1. The third-order valence-electron chi connectivity index (χ3n) is 12.0. The third kappa shape index (κ3) is 30.3. The Morgan fingerprint density at radius 2 is 1.33 bits per heavy atom. The van der Waals surface area contributed by atoms with Crippen molar-refractivity contribution in [1.82, 2.24) is 10.6 Å². The zero-order valence-electron chi connectivity index (χ0n) is 40.3. The van der Waals surface area contributed by atoms with E-state index in [1.807, 2.05) is 32.9 Å². The average molecular weight is 945 g/mol. The summed E-state index contributed by atoms with van der Waals surface area (Å²) in [7, 11) is 1.08. The van der Waals surface area contributed by atoms with Crippen LogP contribution in [0.5, 0.6) is 0 Å². The molecule has 0 aliphatic carbocycles. The molecule has 64 heavy (non-hydrogen) atoms. The lowest BCUT2D eigenvalue weighted by Gasteiger charge is -2.28. The molecule has 14 nitrogen and oxygen atoms in total. The fourth-order valence-electron chi connectivity index (χ4n) is 7.93. The second-order valence-electron chi connectivity index (χ2n) is 19.0. The number of phosphoric acid groups is 1. The van der Waals surface area contributed by atoms with Gasteiger partial charge in [-0.05, 0) is 57.8 Å². The largest absolute Gasteiger partial charge is 0.756 e. The van der Waals surface area contributed by atoms with Crippen molar-refractivity contribution in [2.24, 2.45) is 5.73 Å². The van der Waals surface area contributed by atoms with Crippen LogP contribution in [0.3, 0.4) is 0 Å². The van der Waals surface area contributed by atoms with E-state index in [-0.39, 0.29) is 50.0 Å². The Balaban J connectivity index is 1.56. The van der Waals surface area contributed by atoms with Gasteiger partial charge in [-0.2, -0.15) is 11.8 Å². The van der Waals surface area contributed by atoms with Crippen molar-refractivity contribution in [3.8, 4) is 0 Å². The summed E-state index contributed by atoms with van der Waals surface area (Å²) in [6.45, 7) is 1.84. The van der Waals surface area contributed by atoms with Crippen molar-refractivity contribution in [2.75, 3.05) is 53.3 Å². The Labute approximate surface area is 391 Å². The molecule has 0 spiro atoms. The van der Waals surface area contributed by atoms with E-state index in [1.165, 1.54) is 44.9 Å². The van der Waals surface area contributed by atoms with Gasteiger partial charge in [0.25, 0.3) is 7.82 Å². The normalized spacial score (nSPS) is 19.2. The van der Waals surface area contributed by atoms with Crippen LogP contribution in [0.1, 0.15) is 187 Å². The summed E-state index contributed by atoms with van der Waals surface area (Å²) in [5.41, 5.74) is 6.20. The Kier molecular flexibility index (Phi) is 32.0. The van der Waals surface area contributed by atoms with Crippen molar-refractivity contribution in [3.05, 3.63) is 12.2 Å². The quantitative estimate of drug-likeness (QED) is 0.0131. The summed E-state index contributed by atoms with van der Waals surface area (Å²) >= 11 is 1.90. The molecular formula is C48H89N4O10PS. The zero-order valence-corrected chi connectivity index (χ0v) is 42.0. The van der Waals surface area contributed by atoms with Gasteiger partial charge >= 0.3 is 18.0 Å². The van der Waals surface area contributed by atoms with Gasteiger partial charge in [-0.15, -0.1) is 0 Å². The van der Waals surface area contributed by atoms with E-state index >= 15 is 0 Å². The zero-order chi connectivity index (χ0) is 46.9. The highest BCUT2D eigenvalue weighted by atomic mass is 32.2. The molecule has 2 rings (SSSR count). The number of allylic oxidation sites excluding steroid dienone is 2. The smallest absolute Gasteiger partial charge is 0.315 e. The summed E-state index contributed by atoms with van der Waals surface area (Å²) in [6, 6.07) is -0.0468. The van der Waals surface area contributed by atoms with Crippen LogP contribution in [0.15, 0.2) is 12.2 Å². The Hall–Kier alpha value is -2.00. The fourth-order valence-corrected chi connectivity index (χ4v) is 10.2. The van der Waals surface area contributed by atoms with Crippen LogP contribution in [0.25, 0.3) is 0 Å². The van der Waals surface area contributed by atoms with Gasteiger partial charge in [-0.3, -0.25) is 18.9 Å². The Bertz CT molecular complexity index is 1370. The lowest BCUT2D eigenvalue weighted by Crippen LogP contribution is -2.37. The van der Waals surface area contributed by atoms with E-state index in [1.54, 1.807) is 0 Å². The Morgan fingerprint density at radius 3 is 1.95 bits per heavy atom. The van der Waals surface area contributed by atoms with E-state index < -0.39 is 38.5 Å². The third-order valence-corrected chi connectivity index (χ3v) is 14.4. The van der Waals surface area contributed by atoms with Crippen molar-refractivity contribution < 1.29 is 51.6 Å². The summed E-state index contributed by atoms with van der Waals surface area (Å²) < 4.78 is 34.0. The number of nitrogens with two attached hydrogens (primary N) is 1. The van der Waals surface area contributed by atoms with Gasteiger partial charge in [0.1, 0.15) is 25.5 Å². The number of unbranched alkanes of at least 4 members (excludes halogenated alkanes) is 19. The monoisotopic (exact) mass is 945 g/mol. The van der Waals surface area contributed by atoms with Gasteiger partial charge in [-0.1, -0.05) is 122 Å². The summed E-state index contributed by atoms with van der Waals surface area (Å²) in [6.07, 6.45) is 30.6. The maximum Gasteiger partial charge on any atom is 0.315 e. The van der Waals surface area contributed by atoms with Crippen molar-refractivity contribution in [2.45, 2.75) is 216 Å². The number of rotatable bonds is 42. The molecular weight excluding hydrogens is 856 g/mol. The lowest BCUT2D eigenvalue weighted by molar-refractivity contribution is -0.870. The van der Waals surface area contributed by atoms with Crippen LogP contribution < -0.4 is 21.3 Å². The molecule has 4 N–H and O–H groups in total. The van der Waals surface area contributed by atoms with Crippen molar-refractivity contribution in [1.29, 1.82) is 0 Å². The number of urea groups is 1. The lowest BCUT2D eigenvalue weighted by atomic mass is 9.98. The van der Waals surface area contributed by atoms with Crippen LogP contribution in [0, 0.1) is 0 Å². The molecule has 2 aliphatic rings. The molecule has 6 atom stereocenters. The van der Waals surface area contributed by atoms with Crippen LogP contribution in [0.4, 0.5) is 4.79 Å². The first kappa shape index (κ1) is 58.1. The maximum atomic E-state index is 12.8. The molecule has 2 saturated heterocycles. The first-order chi connectivity index (χ1) is 30.7. The van der Waals surface area contributed by atoms with Gasteiger partial charge < -0.3 is 44.3 Å². The number of ketones is 1. The molecule has 0 radical (unpaired) electrons. The second-order valence-corrected chi connectivity index (χ2v) is 21.7. The number of quaternary nitrogens is 1. The molecule has 2 aliphatic heterocycles. The van der Waals surface area contributed by atoms with Gasteiger partial charge in [-0.25, -0.2) is 4.79 Å². The number of carbonyl (C=O) groups excluding carboxylic acids is 4. The van der Waals surface area contributed by atoms with E-state index in [0.29, 0.717) is 42.0 Å². The Morgan fingerprint density at radius 1 is 0.766 bits per heavy atom. The number of esters is 2. The van der Waals surface area contributed by atoms with E-state index in [4.69, 9.17) is 24.3 Å². The van der Waals surface area contributed by atoms with Gasteiger partial charge in [0.2, 0.25) is 0 Å². The van der Waals surface area contributed by atoms with Gasteiger partial charge in [0.05, 0.1) is 45.9 Å². The molecule has 0 aromatic carbocycles. The summed E-state index contributed by atoms with van der Waals surface area (Å²) in [5, 5.41) is 6.40. The highest BCUT2D eigenvalue weighted by Crippen LogP contribution is 2.38. The number of hydrogen-bond donors (Lipinski definition) is 3. The molecule has 0 aromatic rings. The van der Waals surface area contributed by atoms with E-state index in [2.05, 4.69) is 29.7 Å². The minimum atomic E-state index is -4.66. The molecule has 2 unspecified atom stereocenters. The van der Waals surface area contributed by atoms with E-state index in [0.717, 1.165) is 102 Å². The molecule has 2 fully saturated rings. The number of hydrogen-bond acceptors (Lipinski definition) is 12. The van der Waals surface area contributed by atoms with Crippen LogP contribution >= 0.6 is 19.6 Å². The maximum absolute atomic E-state index is 12.8. The predicted octanol–water partition coefficient (Wildman–Crippen LogP) is 9.21. The number of ether oxygens (including phenoxy) is 2. The van der Waals surface area contributed by atoms with E-state index in [9.17, 15) is 28.6 Å². The highest BCUT2D eigenvalue weighted by Gasteiger charge is 2.42. The number of likely N-dealkylation sites (N-methyl/N-ethyl adjacent to an activating group) is 1. The predicted molar refractivity (Wildman–Crippen MR) is 256 cm³/mol. The molecule has 0 saturated carbocycles. The van der Waals surface area contributed by atoms with Crippen LogP contribution in [-0.4, -0.2) is 111 Å². The number of Topliss-reactive ketones (excluding diaryl/α,β-unsaturated/α-hetero) is 1. The SMILES string of the molecule is CCCCCCCC/C=C\CCCCCCCC(=O)OC[C@H](COP(=O)([O-])OCC[N+](C)(C)C)OC(=O)CCCCCCCCCCC(N)C(=O)CCCC[C@@H]1SC[C@@H]2NC(=O)N[C@@H]21. The molecule has 2 heterocycles. The molecule has 16 heteroatoms. The number of amides is 2. The highest BCUT2D eigenvalue weighted by molar-refractivity contribution is 8.00. The number of carbonyl (C=O) groups is 4. The first-order valence-corrected chi connectivity index (χ1v) is 27.6. The molecule has 372 valence electrons.